The van der Waals surface area contributed by atoms with Crippen LogP contribution < -0.4 is 26.8 Å². The molecule has 1 aliphatic rings. The van der Waals surface area contributed by atoms with Crippen molar-refractivity contribution in [2.24, 2.45) is 7.05 Å². The fraction of sp³-hybridized carbons (Fsp3) is 0.280. The fourth-order valence-electron chi connectivity index (χ4n) is 4.05. The lowest BCUT2D eigenvalue weighted by Gasteiger charge is -2.14. The lowest BCUT2D eigenvalue weighted by molar-refractivity contribution is -0.125. The number of carbonyl (C=O) groups is 2. The summed E-state index contributed by atoms with van der Waals surface area (Å²) in [5, 5.41) is 5.48. The second-order valence-corrected chi connectivity index (χ2v) is 8.56. The summed E-state index contributed by atoms with van der Waals surface area (Å²) < 4.78 is 2.35. The third-order valence-electron chi connectivity index (χ3n) is 6.00. The van der Waals surface area contributed by atoms with E-state index in [0.717, 1.165) is 21.4 Å². The number of hydrogen-bond donors (Lipinski definition) is 2. The number of fused-ring (bicyclic) bond motifs is 1. The van der Waals surface area contributed by atoms with E-state index in [1.807, 2.05) is 73.6 Å². The number of aromatic nitrogens is 2. The molecule has 2 amide bonds. The van der Waals surface area contributed by atoms with E-state index < -0.39 is 23.1 Å². The van der Waals surface area contributed by atoms with Crippen LogP contribution in [-0.2, 0) is 29.7 Å². The van der Waals surface area contributed by atoms with Crippen LogP contribution in [0, 0.1) is 0 Å². The summed E-state index contributed by atoms with van der Waals surface area (Å²) in [4.78, 5) is 53.1. The molecule has 0 aliphatic carbocycles. The van der Waals surface area contributed by atoms with Gasteiger partial charge in [0, 0.05) is 39.8 Å². The molecule has 0 unspecified atom stereocenters. The number of anilines is 2. The number of nitrogens with zero attached hydrogens (tertiary/aromatic N) is 3. The first-order valence-electron chi connectivity index (χ1n) is 11.0. The topological polar surface area (TPSA) is 105 Å². The zero-order valence-electron chi connectivity index (χ0n) is 19.4. The monoisotopic (exact) mass is 461 g/mol. The van der Waals surface area contributed by atoms with Crippen LogP contribution in [0.15, 0.2) is 64.2 Å². The second-order valence-electron chi connectivity index (χ2n) is 8.56. The first-order chi connectivity index (χ1) is 16.3. The van der Waals surface area contributed by atoms with Crippen LogP contribution in [0.5, 0.6) is 0 Å². The highest BCUT2D eigenvalue weighted by Crippen LogP contribution is 2.31. The molecule has 4 rings (SSSR count). The summed E-state index contributed by atoms with van der Waals surface area (Å²) in [7, 11) is 5.28. The standard InChI is InChI=1S/C25H27N5O4/c1-28(2)18-11-9-16(10-12-18)14-26-20(31)13-19-21-22(27-23(19)32)30(25(34)29(3)24(21)33)15-17-7-5-4-6-8-17/h4-12,19H,13-15H2,1-3H3,(H,26,31)(H,27,32)/t19-/m0/s1. The molecule has 9 nitrogen and oxygen atoms in total. The van der Waals surface area contributed by atoms with E-state index >= 15 is 0 Å². The normalized spacial score (nSPS) is 14.4. The van der Waals surface area contributed by atoms with E-state index in [1.54, 1.807) is 0 Å². The Labute approximate surface area is 196 Å². The van der Waals surface area contributed by atoms with Crippen LogP contribution in [0.25, 0.3) is 0 Å². The summed E-state index contributed by atoms with van der Waals surface area (Å²) in [6.07, 6.45) is -0.187. The van der Waals surface area contributed by atoms with Crippen molar-refractivity contribution in [3.05, 3.63) is 92.1 Å². The molecule has 2 aromatic carbocycles. The SMILES string of the molecule is CN(C)c1ccc(CNC(=O)C[C@@H]2C(=O)Nc3c2c(=O)n(C)c(=O)n3Cc2ccccc2)cc1. The van der Waals surface area contributed by atoms with Crippen LogP contribution in [0.2, 0.25) is 0 Å². The fourth-order valence-corrected chi connectivity index (χ4v) is 4.05. The van der Waals surface area contributed by atoms with Crippen molar-refractivity contribution in [3.8, 4) is 0 Å². The van der Waals surface area contributed by atoms with Crippen molar-refractivity contribution >= 4 is 23.3 Å². The van der Waals surface area contributed by atoms with Gasteiger partial charge >= 0.3 is 5.69 Å². The minimum Gasteiger partial charge on any atom is -0.378 e. The van der Waals surface area contributed by atoms with Gasteiger partial charge in [-0.3, -0.25) is 23.5 Å². The number of benzene rings is 2. The zero-order chi connectivity index (χ0) is 24.4. The molecule has 1 aliphatic heterocycles. The summed E-state index contributed by atoms with van der Waals surface area (Å²) in [6, 6.07) is 17.0. The molecule has 2 N–H and O–H groups in total. The largest absolute Gasteiger partial charge is 0.378 e. The Bertz CT molecular complexity index is 1340. The third kappa shape index (κ3) is 4.50. The molecule has 0 bridgehead atoms. The van der Waals surface area contributed by atoms with Crippen LogP contribution >= 0.6 is 0 Å². The number of rotatable bonds is 7. The first kappa shape index (κ1) is 23.0. The molecule has 2 heterocycles. The van der Waals surface area contributed by atoms with Gasteiger partial charge in [-0.25, -0.2) is 4.79 Å². The Morgan fingerprint density at radius 3 is 2.32 bits per heavy atom. The maximum atomic E-state index is 12.9. The van der Waals surface area contributed by atoms with Crippen molar-refractivity contribution < 1.29 is 9.59 Å². The van der Waals surface area contributed by atoms with E-state index in [4.69, 9.17) is 0 Å². The highest BCUT2D eigenvalue weighted by atomic mass is 16.2. The van der Waals surface area contributed by atoms with Crippen LogP contribution in [0.3, 0.4) is 0 Å². The Kier molecular flexibility index (Phi) is 6.36. The Balaban J connectivity index is 1.55. The summed E-state index contributed by atoms with van der Waals surface area (Å²) in [6.45, 7) is 0.498. The van der Waals surface area contributed by atoms with Gasteiger partial charge in [0.05, 0.1) is 18.0 Å². The van der Waals surface area contributed by atoms with Gasteiger partial charge in [-0.1, -0.05) is 42.5 Å². The highest BCUT2D eigenvalue weighted by Gasteiger charge is 2.38. The van der Waals surface area contributed by atoms with Crippen molar-refractivity contribution in [1.29, 1.82) is 0 Å². The van der Waals surface area contributed by atoms with Gasteiger partial charge in [0.2, 0.25) is 11.8 Å². The lowest BCUT2D eigenvalue weighted by atomic mass is 9.99. The van der Waals surface area contributed by atoms with Gasteiger partial charge in [-0.15, -0.1) is 0 Å². The average Bonchev–Trinajstić information content (AvgIpc) is 3.15. The number of nitrogens with one attached hydrogen (secondary N) is 2. The molecule has 176 valence electrons. The van der Waals surface area contributed by atoms with Gasteiger partial charge in [-0.05, 0) is 23.3 Å². The second kappa shape index (κ2) is 9.38. The van der Waals surface area contributed by atoms with Crippen LogP contribution in [-0.4, -0.2) is 35.0 Å². The van der Waals surface area contributed by atoms with Crippen molar-refractivity contribution in [1.82, 2.24) is 14.5 Å². The van der Waals surface area contributed by atoms with Gasteiger partial charge in [0.1, 0.15) is 5.82 Å². The summed E-state index contributed by atoms with van der Waals surface area (Å²) >= 11 is 0. The molecule has 0 spiro atoms. The van der Waals surface area contributed by atoms with E-state index in [0.29, 0.717) is 6.54 Å². The molecule has 0 saturated carbocycles. The minimum atomic E-state index is -0.965. The predicted molar refractivity (Wildman–Crippen MR) is 130 cm³/mol. The van der Waals surface area contributed by atoms with Crippen molar-refractivity contribution in [2.45, 2.75) is 25.4 Å². The van der Waals surface area contributed by atoms with Crippen LogP contribution in [0.1, 0.15) is 29.0 Å². The maximum Gasteiger partial charge on any atom is 0.332 e. The number of carbonyl (C=O) groups excluding carboxylic acids is 2. The predicted octanol–water partition coefficient (Wildman–Crippen LogP) is 1.40. The number of hydrogen-bond acceptors (Lipinski definition) is 5. The molecular weight excluding hydrogens is 434 g/mol. The zero-order valence-corrected chi connectivity index (χ0v) is 19.4. The van der Waals surface area contributed by atoms with Gasteiger partial charge in [-0.2, -0.15) is 0 Å². The average molecular weight is 462 g/mol. The third-order valence-corrected chi connectivity index (χ3v) is 6.00. The molecule has 1 aromatic heterocycles. The smallest absolute Gasteiger partial charge is 0.332 e. The van der Waals surface area contributed by atoms with Crippen molar-refractivity contribution in [2.75, 3.05) is 24.3 Å². The molecular formula is C25H27N5O4. The van der Waals surface area contributed by atoms with Gasteiger partial charge in [0.15, 0.2) is 0 Å². The molecule has 9 heteroatoms. The Hall–Kier alpha value is -4.14. The van der Waals surface area contributed by atoms with Gasteiger partial charge < -0.3 is 15.5 Å². The van der Waals surface area contributed by atoms with E-state index in [9.17, 15) is 19.2 Å². The van der Waals surface area contributed by atoms with E-state index in [2.05, 4.69) is 10.6 Å². The highest BCUT2D eigenvalue weighted by molar-refractivity contribution is 6.04. The molecule has 0 radical (unpaired) electrons. The van der Waals surface area contributed by atoms with E-state index in [-0.39, 0.29) is 30.3 Å². The molecule has 0 fully saturated rings. The van der Waals surface area contributed by atoms with Crippen LogP contribution in [0.4, 0.5) is 11.5 Å². The maximum absolute atomic E-state index is 12.9. The molecule has 1 atom stereocenters. The minimum absolute atomic E-state index is 0.147. The lowest BCUT2D eigenvalue weighted by Crippen LogP contribution is -2.40. The van der Waals surface area contributed by atoms with Crippen molar-refractivity contribution in [3.63, 3.8) is 0 Å². The number of amides is 2. The Morgan fingerprint density at radius 1 is 1.00 bits per heavy atom. The Morgan fingerprint density at radius 2 is 1.68 bits per heavy atom. The molecule has 34 heavy (non-hydrogen) atoms. The van der Waals surface area contributed by atoms with E-state index in [1.165, 1.54) is 11.6 Å². The summed E-state index contributed by atoms with van der Waals surface area (Å²) in [5.41, 5.74) is 1.86. The van der Waals surface area contributed by atoms with Gasteiger partial charge in [0.25, 0.3) is 5.56 Å². The summed E-state index contributed by atoms with van der Waals surface area (Å²) in [5.74, 6) is -1.62. The quantitative estimate of drug-likeness (QED) is 0.554. The first-order valence-corrected chi connectivity index (χ1v) is 11.0. The molecule has 0 saturated heterocycles. The molecule has 3 aromatic rings.